The summed E-state index contributed by atoms with van der Waals surface area (Å²) in [6, 6.07) is 13.0. The zero-order chi connectivity index (χ0) is 22.4. The largest absolute Gasteiger partial charge is 0.383 e. The predicted molar refractivity (Wildman–Crippen MR) is 118 cm³/mol. The van der Waals surface area contributed by atoms with Gasteiger partial charge in [-0.2, -0.15) is 0 Å². The second kappa shape index (κ2) is 10.0. The maximum atomic E-state index is 12.4. The Hall–Kier alpha value is -2.75. The molecule has 1 saturated heterocycles. The number of amides is 2. The topological polar surface area (TPSA) is 105 Å². The summed E-state index contributed by atoms with van der Waals surface area (Å²) in [5, 5.41) is 2.77. The number of rotatable bonds is 9. The average molecular weight is 446 g/mol. The first-order valence-corrected chi connectivity index (χ1v) is 11.6. The zero-order valence-corrected chi connectivity index (χ0v) is 18.4. The predicted octanol–water partition coefficient (Wildman–Crippen LogP) is 2.31. The van der Waals surface area contributed by atoms with Crippen LogP contribution in [-0.4, -0.2) is 46.5 Å². The van der Waals surface area contributed by atoms with Gasteiger partial charge < -0.3 is 15.0 Å². The highest BCUT2D eigenvalue weighted by Gasteiger charge is 2.21. The first-order valence-electron chi connectivity index (χ1n) is 10.1. The number of sulfonamides is 1. The van der Waals surface area contributed by atoms with Crippen LogP contribution in [-0.2, 0) is 30.8 Å². The first-order chi connectivity index (χ1) is 14.8. The third-order valence-corrected chi connectivity index (χ3v) is 6.51. The van der Waals surface area contributed by atoms with E-state index in [-0.39, 0.29) is 35.8 Å². The van der Waals surface area contributed by atoms with Gasteiger partial charge in [0.25, 0.3) is 0 Å². The number of hydrogen-bond acceptors (Lipinski definition) is 5. The number of methoxy groups -OCH3 is 1. The van der Waals surface area contributed by atoms with Crippen molar-refractivity contribution in [2.45, 2.75) is 37.1 Å². The van der Waals surface area contributed by atoms with Crippen LogP contribution in [0.25, 0.3) is 0 Å². The van der Waals surface area contributed by atoms with Crippen molar-refractivity contribution < 1.29 is 22.7 Å². The van der Waals surface area contributed by atoms with Gasteiger partial charge in [0.2, 0.25) is 21.8 Å². The third-order valence-electron chi connectivity index (χ3n) is 4.91. The van der Waals surface area contributed by atoms with E-state index in [2.05, 4.69) is 10.0 Å². The smallest absolute Gasteiger partial charge is 0.240 e. The van der Waals surface area contributed by atoms with E-state index < -0.39 is 10.0 Å². The molecule has 0 radical (unpaired) electrons. The molecule has 1 heterocycles. The minimum absolute atomic E-state index is 0.112. The molecule has 0 aliphatic carbocycles. The summed E-state index contributed by atoms with van der Waals surface area (Å²) in [7, 11) is -2.16. The van der Waals surface area contributed by atoms with Gasteiger partial charge in [-0.15, -0.1) is 0 Å². The van der Waals surface area contributed by atoms with Gasteiger partial charge in [-0.3, -0.25) is 9.59 Å². The Morgan fingerprint density at radius 2 is 1.81 bits per heavy atom. The molecule has 0 aromatic heterocycles. The lowest BCUT2D eigenvalue weighted by Gasteiger charge is -2.16. The Kier molecular flexibility index (Phi) is 7.42. The number of hydrogen-bond donors (Lipinski definition) is 2. The summed E-state index contributed by atoms with van der Waals surface area (Å²) in [5.74, 6) is -0.0910. The molecule has 1 fully saturated rings. The number of nitrogens with zero attached hydrogens (tertiary/aromatic N) is 1. The molecule has 1 atom stereocenters. The van der Waals surface area contributed by atoms with E-state index in [4.69, 9.17) is 4.74 Å². The summed E-state index contributed by atoms with van der Waals surface area (Å²) in [4.78, 5) is 26.0. The average Bonchev–Trinajstić information content (AvgIpc) is 3.14. The molecule has 2 aromatic rings. The summed E-state index contributed by atoms with van der Waals surface area (Å²) in [5.41, 5.74) is 2.17. The second-order valence-electron chi connectivity index (χ2n) is 7.54. The Labute approximate surface area is 182 Å². The van der Waals surface area contributed by atoms with Gasteiger partial charge >= 0.3 is 0 Å². The van der Waals surface area contributed by atoms with Crippen LogP contribution in [0.5, 0.6) is 0 Å². The van der Waals surface area contributed by atoms with E-state index in [0.29, 0.717) is 12.1 Å². The number of benzene rings is 2. The van der Waals surface area contributed by atoms with Gasteiger partial charge in [-0.25, -0.2) is 13.1 Å². The van der Waals surface area contributed by atoms with Gasteiger partial charge in [0.1, 0.15) is 0 Å². The number of nitrogens with one attached hydrogen (secondary N) is 2. The van der Waals surface area contributed by atoms with Crippen LogP contribution >= 0.6 is 0 Å². The molecule has 166 valence electrons. The molecule has 2 amide bonds. The fourth-order valence-electron chi connectivity index (χ4n) is 3.44. The van der Waals surface area contributed by atoms with Crippen molar-refractivity contribution in [3.05, 3.63) is 54.1 Å². The summed E-state index contributed by atoms with van der Waals surface area (Å²) < 4.78 is 32.2. The van der Waals surface area contributed by atoms with Crippen LogP contribution < -0.4 is 14.9 Å². The summed E-state index contributed by atoms with van der Waals surface area (Å²) in [6.45, 7) is 2.71. The van der Waals surface area contributed by atoms with Crippen LogP contribution in [0.2, 0.25) is 0 Å². The van der Waals surface area contributed by atoms with E-state index in [1.165, 1.54) is 19.2 Å². The molecular weight excluding hydrogens is 418 g/mol. The van der Waals surface area contributed by atoms with Crippen LogP contribution in [0.1, 0.15) is 25.3 Å². The minimum Gasteiger partial charge on any atom is -0.383 e. The van der Waals surface area contributed by atoms with Gasteiger partial charge in [0.15, 0.2) is 0 Å². The highest BCUT2D eigenvalue weighted by atomic mass is 32.2. The fourth-order valence-corrected chi connectivity index (χ4v) is 4.67. The molecule has 31 heavy (non-hydrogen) atoms. The molecular formula is C22H27N3O5S. The molecule has 0 saturated carbocycles. The molecule has 0 bridgehead atoms. The summed E-state index contributed by atoms with van der Waals surface area (Å²) >= 11 is 0. The SMILES string of the molecule is COCC(C)NS(=O)(=O)c1ccc(NC(=O)Cc2ccc(N3CCCC3=O)cc2)cc1. The standard InChI is InChI=1S/C22H27N3O5S/c1-16(15-30-2)24-31(28,29)20-11-7-18(8-12-20)23-21(26)14-17-5-9-19(10-6-17)25-13-3-4-22(25)27/h5-12,16,24H,3-4,13-15H2,1-2H3,(H,23,26). The van der Waals surface area contributed by atoms with Crippen molar-refractivity contribution >= 4 is 33.2 Å². The number of carbonyl (C=O) groups excluding carboxylic acids is 2. The Bertz CT molecular complexity index is 1020. The quantitative estimate of drug-likeness (QED) is 0.616. The lowest BCUT2D eigenvalue weighted by atomic mass is 10.1. The maximum Gasteiger partial charge on any atom is 0.240 e. The highest BCUT2D eigenvalue weighted by Crippen LogP contribution is 2.22. The van der Waals surface area contributed by atoms with Crippen molar-refractivity contribution in [2.75, 3.05) is 30.5 Å². The second-order valence-corrected chi connectivity index (χ2v) is 9.26. The van der Waals surface area contributed by atoms with E-state index in [1.807, 2.05) is 24.3 Å². The van der Waals surface area contributed by atoms with Crippen LogP contribution in [0, 0.1) is 0 Å². The van der Waals surface area contributed by atoms with Gasteiger partial charge in [-0.1, -0.05) is 12.1 Å². The first kappa shape index (κ1) is 22.9. The number of carbonyl (C=O) groups is 2. The maximum absolute atomic E-state index is 12.4. The Morgan fingerprint density at radius 1 is 1.13 bits per heavy atom. The van der Waals surface area contributed by atoms with Crippen LogP contribution in [0.15, 0.2) is 53.4 Å². The normalized spacial score (nSPS) is 15.2. The van der Waals surface area contributed by atoms with Crippen molar-refractivity contribution in [1.29, 1.82) is 0 Å². The van der Waals surface area contributed by atoms with E-state index >= 15 is 0 Å². The van der Waals surface area contributed by atoms with Crippen LogP contribution in [0.3, 0.4) is 0 Å². The Balaban J connectivity index is 1.56. The van der Waals surface area contributed by atoms with E-state index in [9.17, 15) is 18.0 Å². The number of ether oxygens (including phenoxy) is 1. The van der Waals surface area contributed by atoms with E-state index in [0.717, 1.165) is 24.2 Å². The molecule has 8 nitrogen and oxygen atoms in total. The third kappa shape index (κ3) is 6.13. The molecule has 1 aliphatic rings. The zero-order valence-electron chi connectivity index (χ0n) is 17.6. The molecule has 2 N–H and O–H groups in total. The van der Waals surface area contributed by atoms with Crippen molar-refractivity contribution in [1.82, 2.24) is 4.72 Å². The van der Waals surface area contributed by atoms with Gasteiger partial charge in [0, 0.05) is 37.5 Å². The van der Waals surface area contributed by atoms with Crippen molar-refractivity contribution in [3.63, 3.8) is 0 Å². The Morgan fingerprint density at radius 3 is 2.39 bits per heavy atom. The fraction of sp³-hybridized carbons (Fsp3) is 0.364. The minimum atomic E-state index is -3.66. The molecule has 0 spiro atoms. The van der Waals surface area contributed by atoms with Crippen LogP contribution in [0.4, 0.5) is 11.4 Å². The van der Waals surface area contributed by atoms with Crippen molar-refractivity contribution in [2.24, 2.45) is 0 Å². The lowest BCUT2D eigenvalue weighted by molar-refractivity contribution is -0.117. The van der Waals surface area contributed by atoms with E-state index in [1.54, 1.807) is 24.0 Å². The molecule has 3 rings (SSSR count). The molecule has 1 aliphatic heterocycles. The van der Waals surface area contributed by atoms with Crippen molar-refractivity contribution in [3.8, 4) is 0 Å². The van der Waals surface area contributed by atoms with Gasteiger partial charge in [0.05, 0.1) is 17.9 Å². The number of anilines is 2. The highest BCUT2D eigenvalue weighted by molar-refractivity contribution is 7.89. The lowest BCUT2D eigenvalue weighted by Crippen LogP contribution is -2.35. The molecule has 1 unspecified atom stereocenters. The van der Waals surface area contributed by atoms with Gasteiger partial charge in [-0.05, 0) is 55.3 Å². The molecule has 2 aromatic carbocycles. The summed E-state index contributed by atoms with van der Waals surface area (Å²) in [6.07, 6.45) is 1.61. The molecule has 9 heteroatoms. The monoisotopic (exact) mass is 445 g/mol.